The predicted octanol–water partition coefficient (Wildman–Crippen LogP) is 3.15. The van der Waals surface area contributed by atoms with Gasteiger partial charge in [-0.15, -0.1) is 0 Å². The Bertz CT molecular complexity index is 307. The molecule has 1 unspecified atom stereocenters. The van der Waals surface area contributed by atoms with E-state index < -0.39 is 0 Å². The maximum atomic E-state index is 12.2. The maximum absolute atomic E-state index is 12.2. The van der Waals surface area contributed by atoms with Gasteiger partial charge in [-0.2, -0.15) is 0 Å². The summed E-state index contributed by atoms with van der Waals surface area (Å²) >= 11 is 0. The van der Waals surface area contributed by atoms with Gasteiger partial charge in [0, 0.05) is 19.5 Å². The van der Waals surface area contributed by atoms with Crippen molar-refractivity contribution in [3.63, 3.8) is 0 Å². The van der Waals surface area contributed by atoms with Crippen molar-refractivity contribution in [1.82, 2.24) is 4.90 Å². The fourth-order valence-corrected chi connectivity index (χ4v) is 2.75. The fourth-order valence-electron chi connectivity index (χ4n) is 2.75. The number of rotatable bonds is 7. The van der Waals surface area contributed by atoms with Gasteiger partial charge in [-0.3, -0.25) is 9.59 Å². The Morgan fingerprint density at radius 3 is 2.20 bits per heavy atom. The van der Waals surface area contributed by atoms with Crippen LogP contribution in [0.15, 0.2) is 0 Å². The molecule has 1 rings (SSSR count). The second-order valence-electron chi connectivity index (χ2n) is 5.57. The van der Waals surface area contributed by atoms with Gasteiger partial charge in [-0.25, -0.2) is 0 Å². The summed E-state index contributed by atoms with van der Waals surface area (Å²) in [4.78, 5) is 26.0. The summed E-state index contributed by atoms with van der Waals surface area (Å²) in [6, 6.07) is 0. The van der Waals surface area contributed by atoms with Crippen molar-refractivity contribution in [2.24, 2.45) is 5.92 Å². The van der Waals surface area contributed by atoms with Gasteiger partial charge >= 0.3 is 5.97 Å². The van der Waals surface area contributed by atoms with Gasteiger partial charge in [0.15, 0.2) is 0 Å². The first-order valence-corrected chi connectivity index (χ1v) is 8.10. The van der Waals surface area contributed by atoms with Crippen LogP contribution in [0.5, 0.6) is 0 Å². The average molecular weight is 283 g/mol. The van der Waals surface area contributed by atoms with E-state index in [-0.39, 0.29) is 30.3 Å². The van der Waals surface area contributed by atoms with Crippen LogP contribution in [0.3, 0.4) is 0 Å². The SMILES string of the molecule is CCC(CC(=O)N(CC)CC)C(=O)OC1CCCCC1. The van der Waals surface area contributed by atoms with E-state index >= 15 is 0 Å². The van der Waals surface area contributed by atoms with Crippen LogP contribution in [0.1, 0.15) is 65.7 Å². The van der Waals surface area contributed by atoms with Crippen molar-refractivity contribution < 1.29 is 14.3 Å². The Balaban J connectivity index is 2.47. The highest BCUT2D eigenvalue weighted by Crippen LogP contribution is 2.22. The van der Waals surface area contributed by atoms with E-state index in [1.807, 2.05) is 20.8 Å². The molecule has 0 bridgehead atoms. The number of ether oxygens (including phenoxy) is 1. The second kappa shape index (κ2) is 8.98. The van der Waals surface area contributed by atoms with Crippen LogP contribution < -0.4 is 0 Å². The topological polar surface area (TPSA) is 46.6 Å². The van der Waals surface area contributed by atoms with Crippen LogP contribution >= 0.6 is 0 Å². The summed E-state index contributed by atoms with van der Waals surface area (Å²) < 4.78 is 5.58. The number of amides is 1. The molecule has 0 saturated heterocycles. The molecule has 0 aromatic rings. The van der Waals surface area contributed by atoms with E-state index in [1.165, 1.54) is 6.42 Å². The van der Waals surface area contributed by atoms with Crippen LogP contribution in [0.4, 0.5) is 0 Å². The van der Waals surface area contributed by atoms with Crippen LogP contribution in [-0.2, 0) is 14.3 Å². The van der Waals surface area contributed by atoms with Gasteiger partial charge in [-0.05, 0) is 46.0 Å². The number of carbonyl (C=O) groups excluding carboxylic acids is 2. The van der Waals surface area contributed by atoms with Crippen LogP contribution in [-0.4, -0.2) is 36.0 Å². The molecule has 1 amide bonds. The van der Waals surface area contributed by atoms with Gasteiger partial charge in [-0.1, -0.05) is 13.3 Å². The summed E-state index contributed by atoms with van der Waals surface area (Å²) in [5.41, 5.74) is 0. The zero-order valence-electron chi connectivity index (χ0n) is 13.2. The Labute approximate surface area is 122 Å². The molecule has 0 radical (unpaired) electrons. The second-order valence-corrected chi connectivity index (χ2v) is 5.57. The molecule has 116 valence electrons. The third-order valence-corrected chi connectivity index (χ3v) is 4.20. The molecule has 1 aliphatic rings. The molecule has 4 heteroatoms. The molecule has 1 aliphatic carbocycles. The van der Waals surface area contributed by atoms with Crippen molar-refractivity contribution in [3.8, 4) is 0 Å². The fraction of sp³-hybridized carbons (Fsp3) is 0.875. The Kier molecular flexibility index (Phi) is 7.63. The Morgan fingerprint density at radius 2 is 1.70 bits per heavy atom. The molecule has 0 N–H and O–H groups in total. The highest BCUT2D eigenvalue weighted by Gasteiger charge is 2.26. The van der Waals surface area contributed by atoms with Crippen LogP contribution in [0.25, 0.3) is 0 Å². The zero-order valence-corrected chi connectivity index (χ0v) is 13.2. The van der Waals surface area contributed by atoms with Crippen molar-refractivity contribution in [2.45, 2.75) is 71.8 Å². The summed E-state index contributed by atoms with van der Waals surface area (Å²) in [6.07, 6.45) is 6.51. The first kappa shape index (κ1) is 17.0. The molecule has 1 fully saturated rings. The number of hydrogen-bond donors (Lipinski definition) is 0. The highest BCUT2D eigenvalue weighted by molar-refractivity contribution is 5.83. The Morgan fingerprint density at radius 1 is 1.10 bits per heavy atom. The first-order chi connectivity index (χ1) is 9.62. The number of esters is 1. The van der Waals surface area contributed by atoms with Crippen LogP contribution in [0.2, 0.25) is 0 Å². The standard InChI is InChI=1S/C16H29NO3/c1-4-13(12-15(18)17(5-2)6-3)16(19)20-14-10-8-7-9-11-14/h13-14H,4-12H2,1-3H3. The normalized spacial score (nSPS) is 17.6. The summed E-state index contributed by atoms with van der Waals surface area (Å²) in [7, 11) is 0. The number of hydrogen-bond acceptors (Lipinski definition) is 3. The first-order valence-electron chi connectivity index (χ1n) is 8.10. The quantitative estimate of drug-likeness (QED) is 0.674. The lowest BCUT2D eigenvalue weighted by Crippen LogP contribution is -2.34. The van der Waals surface area contributed by atoms with Crippen molar-refractivity contribution >= 4 is 11.9 Å². The molecule has 0 heterocycles. The lowest BCUT2D eigenvalue weighted by atomic mass is 9.97. The van der Waals surface area contributed by atoms with E-state index in [4.69, 9.17) is 4.74 Å². The lowest BCUT2D eigenvalue weighted by Gasteiger charge is -2.25. The molecule has 4 nitrogen and oxygen atoms in total. The molecule has 1 saturated carbocycles. The van der Waals surface area contributed by atoms with Crippen LogP contribution in [0, 0.1) is 5.92 Å². The molecule has 0 spiro atoms. The monoisotopic (exact) mass is 283 g/mol. The predicted molar refractivity (Wildman–Crippen MR) is 79.3 cm³/mol. The molecule has 0 aliphatic heterocycles. The van der Waals surface area contributed by atoms with E-state index in [2.05, 4.69) is 0 Å². The summed E-state index contributed by atoms with van der Waals surface area (Å²) in [5, 5.41) is 0. The van der Waals surface area contributed by atoms with Crippen molar-refractivity contribution in [2.75, 3.05) is 13.1 Å². The number of nitrogens with zero attached hydrogens (tertiary/aromatic N) is 1. The van der Waals surface area contributed by atoms with Gasteiger partial charge < -0.3 is 9.64 Å². The van der Waals surface area contributed by atoms with Gasteiger partial charge in [0.2, 0.25) is 5.91 Å². The molecule has 20 heavy (non-hydrogen) atoms. The summed E-state index contributed by atoms with van der Waals surface area (Å²) in [6.45, 7) is 7.26. The lowest BCUT2D eigenvalue weighted by molar-refractivity contribution is -0.158. The van der Waals surface area contributed by atoms with E-state index in [0.29, 0.717) is 19.5 Å². The molecule has 0 aromatic heterocycles. The van der Waals surface area contributed by atoms with E-state index in [0.717, 1.165) is 25.7 Å². The van der Waals surface area contributed by atoms with E-state index in [1.54, 1.807) is 4.90 Å². The zero-order chi connectivity index (χ0) is 15.0. The summed E-state index contributed by atoms with van der Waals surface area (Å²) in [5.74, 6) is -0.410. The molecular formula is C16H29NO3. The van der Waals surface area contributed by atoms with Crippen molar-refractivity contribution in [1.29, 1.82) is 0 Å². The molecule has 1 atom stereocenters. The maximum Gasteiger partial charge on any atom is 0.309 e. The third-order valence-electron chi connectivity index (χ3n) is 4.20. The van der Waals surface area contributed by atoms with E-state index in [9.17, 15) is 9.59 Å². The van der Waals surface area contributed by atoms with Crippen molar-refractivity contribution in [3.05, 3.63) is 0 Å². The molecule has 0 aromatic carbocycles. The number of carbonyl (C=O) groups is 2. The van der Waals surface area contributed by atoms with Gasteiger partial charge in [0.1, 0.15) is 6.10 Å². The van der Waals surface area contributed by atoms with Gasteiger partial charge in [0.25, 0.3) is 0 Å². The highest BCUT2D eigenvalue weighted by atomic mass is 16.5. The molecular weight excluding hydrogens is 254 g/mol. The minimum atomic E-state index is -0.287. The minimum absolute atomic E-state index is 0.0578. The Hall–Kier alpha value is -1.06. The third kappa shape index (κ3) is 5.14. The smallest absolute Gasteiger partial charge is 0.309 e. The average Bonchev–Trinajstić information content (AvgIpc) is 2.47. The largest absolute Gasteiger partial charge is 0.462 e. The minimum Gasteiger partial charge on any atom is -0.462 e. The van der Waals surface area contributed by atoms with Gasteiger partial charge in [0.05, 0.1) is 5.92 Å².